The van der Waals surface area contributed by atoms with Gasteiger partial charge in [0.15, 0.2) is 0 Å². The van der Waals surface area contributed by atoms with Gasteiger partial charge >= 0.3 is 0 Å². The number of hydrogen-bond acceptors (Lipinski definition) is 3. The van der Waals surface area contributed by atoms with Crippen LogP contribution in [0.5, 0.6) is 0 Å². The van der Waals surface area contributed by atoms with Crippen LogP contribution in [0.15, 0.2) is 28.9 Å². The maximum absolute atomic E-state index is 8.69. The lowest BCUT2D eigenvalue weighted by Crippen LogP contribution is -2.27. The Bertz CT molecular complexity index is 353. The highest BCUT2D eigenvalue weighted by molar-refractivity contribution is 6.01. The Labute approximate surface area is 84.6 Å². The molecule has 0 bridgehead atoms. The largest absolute Gasteiger partial charge is 0.311 e. The van der Waals surface area contributed by atoms with E-state index in [1.165, 1.54) is 0 Å². The third-order valence-corrected chi connectivity index (χ3v) is 2.03. The maximum atomic E-state index is 8.69. The third-order valence-electron chi connectivity index (χ3n) is 2.03. The van der Waals surface area contributed by atoms with Crippen molar-refractivity contribution in [2.24, 2.45) is 16.1 Å². The molecule has 0 aromatic rings. The van der Waals surface area contributed by atoms with Gasteiger partial charge in [-0.15, -0.1) is 0 Å². The molecule has 1 unspecified atom stereocenters. The highest BCUT2D eigenvalue weighted by atomic mass is 14.8. The molecule has 74 valence electrons. The maximum Gasteiger partial charge on any atom is 0.135 e. The van der Waals surface area contributed by atoms with Crippen molar-refractivity contribution in [3.8, 4) is 6.07 Å². The van der Waals surface area contributed by atoms with Crippen molar-refractivity contribution in [1.29, 1.82) is 5.26 Å². The highest BCUT2D eigenvalue weighted by Gasteiger charge is 2.16. The van der Waals surface area contributed by atoms with Crippen molar-refractivity contribution in [3.63, 3.8) is 0 Å². The van der Waals surface area contributed by atoms with E-state index >= 15 is 0 Å². The van der Waals surface area contributed by atoms with E-state index in [-0.39, 0.29) is 5.41 Å². The number of hydrogen-bond donors (Lipinski definition) is 1. The number of nitrogens with zero attached hydrogens (tertiary/aromatic N) is 2. The number of nitriles is 1. The van der Waals surface area contributed by atoms with Gasteiger partial charge in [-0.3, -0.25) is 4.99 Å². The highest BCUT2D eigenvalue weighted by Crippen LogP contribution is 2.24. The molecule has 0 aromatic carbocycles. The van der Waals surface area contributed by atoms with Gasteiger partial charge in [-0.2, -0.15) is 5.26 Å². The molecule has 0 aromatic heterocycles. The molecule has 0 fully saturated rings. The quantitative estimate of drug-likeness (QED) is 0.683. The first-order valence-corrected chi connectivity index (χ1v) is 4.57. The molecule has 0 saturated carbocycles. The van der Waals surface area contributed by atoms with E-state index in [1.54, 1.807) is 0 Å². The lowest BCUT2D eigenvalue weighted by Gasteiger charge is -2.13. The summed E-state index contributed by atoms with van der Waals surface area (Å²) in [4.78, 5) is 4.29. The zero-order valence-corrected chi connectivity index (χ0v) is 8.78. The molecule has 1 atom stereocenters. The van der Waals surface area contributed by atoms with Crippen molar-refractivity contribution in [2.75, 3.05) is 0 Å². The van der Waals surface area contributed by atoms with E-state index in [0.29, 0.717) is 5.71 Å². The molecular formula is C11H15N3. The van der Waals surface area contributed by atoms with Crippen molar-refractivity contribution in [3.05, 3.63) is 23.9 Å². The number of rotatable bonds is 1. The van der Waals surface area contributed by atoms with Crippen molar-refractivity contribution in [2.45, 2.75) is 26.8 Å². The van der Waals surface area contributed by atoms with Crippen molar-refractivity contribution in [1.82, 2.24) is 0 Å². The fourth-order valence-electron chi connectivity index (χ4n) is 1.40. The summed E-state index contributed by atoms with van der Waals surface area (Å²) >= 11 is 0. The molecule has 14 heavy (non-hydrogen) atoms. The lowest BCUT2D eigenvalue weighted by atomic mass is 9.92. The minimum absolute atomic E-state index is 0.0233. The average Bonchev–Trinajstić information content (AvgIpc) is 2.22. The summed E-state index contributed by atoms with van der Waals surface area (Å²) in [6.07, 6.45) is 5.90. The Morgan fingerprint density at radius 1 is 1.57 bits per heavy atom. The number of aliphatic imine (C=N–C) groups is 1. The molecular weight excluding hydrogens is 174 g/mol. The Hall–Kier alpha value is -1.40. The molecule has 1 heterocycles. The van der Waals surface area contributed by atoms with Gasteiger partial charge in [0.25, 0.3) is 0 Å². The summed E-state index contributed by atoms with van der Waals surface area (Å²) < 4.78 is 0. The molecule has 2 N–H and O–H groups in total. The first kappa shape index (κ1) is 10.7. The molecule has 0 spiro atoms. The van der Waals surface area contributed by atoms with E-state index in [0.717, 1.165) is 5.70 Å². The van der Waals surface area contributed by atoms with Crippen LogP contribution in [0.2, 0.25) is 0 Å². The van der Waals surface area contributed by atoms with Gasteiger partial charge in [-0.25, -0.2) is 0 Å². The van der Waals surface area contributed by atoms with Gasteiger partial charge in [-0.1, -0.05) is 26.0 Å². The average molecular weight is 189 g/mol. The SMILES string of the molecule is CC1=CC(C)(C)C=CC(C(N)C#N)=N1. The monoisotopic (exact) mass is 189 g/mol. The fraction of sp³-hybridized carbons (Fsp3) is 0.455. The first-order valence-electron chi connectivity index (χ1n) is 4.57. The fourth-order valence-corrected chi connectivity index (χ4v) is 1.40. The molecule has 0 aliphatic carbocycles. The normalized spacial score (nSPS) is 21.6. The number of allylic oxidation sites excluding steroid dienone is 3. The summed E-state index contributed by atoms with van der Waals surface area (Å²) in [6, 6.07) is 1.34. The Morgan fingerprint density at radius 2 is 2.21 bits per heavy atom. The summed E-state index contributed by atoms with van der Waals surface area (Å²) in [6.45, 7) is 6.09. The Balaban J connectivity index is 3.05. The molecule has 3 heteroatoms. The zero-order valence-electron chi connectivity index (χ0n) is 8.78. The summed E-state index contributed by atoms with van der Waals surface area (Å²) in [7, 11) is 0. The first-order chi connectivity index (χ1) is 6.44. The van der Waals surface area contributed by atoms with Crippen LogP contribution in [0.4, 0.5) is 0 Å². The van der Waals surface area contributed by atoms with Crippen LogP contribution in [0.25, 0.3) is 0 Å². The lowest BCUT2D eigenvalue weighted by molar-refractivity contribution is 0.622. The van der Waals surface area contributed by atoms with Crippen molar-refractivity contribution >= 4 is 5.71 Å². The smallest absolute Gasteiger partial charge is 0.135 e. The van der Waals surface area contributed by atoms with Gasteiger partial charge in [0.2, 0.25) is 0 Å². The van der Waals surface area contributed by atoms with Gasteiger partial charge in [0, 0.05) is 11.1 Å². The van der Waals surface area contributed by atoms with E-state index < -0.39 is 6.04 Å². The van der Waals surface area contributed by atoms with Gasteiger partial charge in [0.05, 0.1) is 11.8 Å². The van der Waals surface area contributed by atoms with Gasteiger partial charge in [-0.05, 0) is 13.0 Å². The predicted molar refractivity (Wildman–Crippen MR) is 57.7 cm³/mol. The number of nitrogens with two attached hydrogens (primary N) is 1. The molecule has 0 radical (unpaired) electrons. The minimum atomic E-state index is -0.636. The van der Waals surface area contributed by atoms with Crippen molar-refractivity contribution < 1.29 is 0 Å². The van der Waals surface area contributed by atoms with Crippen LogP contribution >= 0.6 is 0 Å². The predicted octanol–water partition coefficient (Wildman–Crippen LogP) is 1.78. The molecule has 1 rings (SSSR count). The molecule has 3 nitrogen and oxygen atoms in total. The molecule has 1 aliphatic rings. The van der Waals surface area contributed by atoms with Gasteiger partial charge in [0.1, 0.15) is 6.04 Å². The van der Waals surface area contributed by atoms with Crippen LogP contribution < -0.4 is 5.73 Å². The summed E-state index contributed by atoms with van der Waals surface area (Å²) in [5.41, 5.74) is 7.11. The summed E-state index contributed by atoms with van der Waals surface area (Å²) in [5.74, 6) is 0. The molecule has 0 amide bonds. The second-order valence-corrected chi connectivity index (χ2v) is 4.08. The van der Waals surface area contributed by atoms with E-state index in [1.807, 2.05) is 25.1 Å². The zero-order chi connectivity index (χ0) is 10.8. The van der Waals surface area contributed by atoms with E-state index in [2.05, 4.69) is 24.9 Å². The minimum Gasteiger partial charge on any atom is -0.311 e. The van der Waals surface area contributed by atoms with E-state index in [4.69, 9.17) is 11.0 Å². The van der Waals surface area contributed by atoms with Crippen LogP contribution in [0, 0.1) is 16.7 Å². The second-order valence-electron chi connectivity index (χ2n) is 4.08. The Morgan fingerprint density at radius 3 is 2.79 bits per heavy atom. The van der Waals surface area contributed by atoms with Crippen LogP contribution in [0.3, 0.4) is 0 Å². The second kappa shape index (κ2) is 3.77. The van der Waals surface area contributed by atoms with E-state index in [9.17, 15) is 0 Å². The standard InChI is InChI=1S/C11H15N3/c1-8-6-11(2,3)5-4-10(14-8)9(13)7-12/h4-6,9H,13H2,1-3H3. The topological polar surface area (TPSA) is 62.2 Å². The van der Waals surface area contributed by atoms with Gasteiger partial charge < -0.3 is 5.73 Å². The molecule has 1 aliphatic heterocycles. The van der Waals surface area contributed by atoms with Crippen LogP contribution in [-0.2, 0) is 0 Å². The third kappa shape index (κ3) is 2.54. The van der Waals surface area contributed by atoms with Crippen LogP contribution in [-0.4, -0.2) is 11.8 Å². The summed E-state index contributed by atoms with van der Waals surface area (Å²) in [5, 5.41) is 8.69. The Kier molecular flexibility index (Phi) is 2.87. The van der Waals surface area contributed by atoms with Crippen LogP contribution in [0.1, 0.15) is 20.8 Å². The molecule has 0 saturated heterocycles.